The first-order valence-electron chi connectivity index (χ1n) is 11.8. The zero-order chi connectivity index (χ0) is 23.2. The number of ether oxygens (including phenoxy) is 1. The van der Waals surface area contributed by atoms with E-state index in [-0.39, 0.29) is 24.5 Å². The summed E-state index contributed by atoms with van der Waals surface area (Å²) in [4.78, 5) is 30.1. The van der Waals surface area contributed by atoms with Gasteiger partial charge < -0.3 is 15.0 Å². The Hall–Kier alpha value is -2.57. The Morgan fingerprint density at radius 2 is 1.76 bits per heavy atom. The molecule has 1 saturated carbocycles. The number of anilines is 1. The summed E-state index contributed by atoms with van der Waals surface area (Å²) in [6, 6.07) is 14.8. The smallest absolute Gasteiger partial charge is 0.260 e. The van der Waals surface area contributed by atoms with Gasteiger partial charge in [0.15, 0.2) is 6.61 Å². The van der Waals surface area contributed by atoms with E-state index in [1.165, 1.54) is 12.8 Å². The fourth-order valence-electron chi connectivity index (χ4n) is 4.91. The van der Waals surface area contributed by atoms with E-state index in [1.54, 1.807) is 24.3 Å². The van der Waals surface area contributed by atoms with Crippen molar-refractivity contribution in [2.24, 2.45) is 5.92 Å². The Labute approximate surface area is 200 Å². The fraction of sp³-hybridized carbons (Fsp3) is 0.462. The maximum absolute atomic E-state index is 13.3. The van der Waals surface area contributed by atoms with Crippen LogP contribution < -0.4 is 10.1 Å². The van der Waals surface area contributed by atoms with E-state index in [0.717, 1.165) is 24.1 Å². The molecule has 6 nitrogen and oxygen atoms in total. The molecule has 1 atom stereocenters. The molecule has 1 N–H and O–H groups in total. The Morgan fingerprint density at radius 1 is 1.06 bits per heavy atom. The molecule has 2 aromatic rings. The molecule has 0 spiro atoms. The molecule has 2 aliphatic rings. The molecular weight excluding hydrogens is 438 g/mol. The Bertz CT molecular complexity index is 952. The summed E-state index contributed by atoms with van der Waals surface area (Å²) in [5.41, 5.74) is 1.97. The SMILES string of the molecule is Cc1cccc(NC(=O)C(C2CCCC2)N2CCN(C(=O)COc3ccc(Cl)cc3)CC2)c1. The second kappa shape index (κ2) is 11.0. The zero-order valence-corrected chi connectivity index (χ0v) is 19.9. The van der Waals surface area contributed by atoms with Crippen molar-refractivity contribution in [3.63, 3.8) is 0 Å². The number of nitrogens with one attached hydrogen (secondary N) is 1. The van der Waals surface area contributed by atoms with Gasteiger partial charge in [0.25, 0.3) is 5.91 Å². The number of carbonyl (C=O) groups excluding carboxylic acids is 2. The van der Waals surface area contributed by atoms with Crippen LogP contribution in [0.3, 0.4) is 0 Å². The molecule has 1 unspecified atom stereocenters. The van der Waals surface area contributed by atoms with E-state index >= 15 is 0 Å². The highest BCUT2D eigenvalue weighted by molar-refractivity contribution is 6.30. The lowest BCUT2D eigenvalue weighted by Crippen LogP contribution is -2.57. The molecule has 2 amide bonds. The van der Waals surface area contributed by atoms with Crippen molar-refractivity contribution in [3.05, 3.63) is 59.1 Å². The van der Waals surface area contributed by atoms with Crippen molar-refractivity contribution in [1.82, 2.24) is 9.80 Å². The molecule has 1 aliphatic heterocycles. The van der Waals surface area contributed by atoms with E-state index in [2.05, 4.69) is 10.2 Å². The quantitative estimate of drug-likeness (QED) is 0.654. The number of hydrogen-bond donors (Lipinski definition) is 1. The minimum Gasteiger partial charge on any atom is -0.484 e. The van der Waals surface area contributed by atoms with Crippen molar-refractivity contribution < 1.29 is 14.3 Å². The fourth-order valence-corrected chi connectivity index (χ4v) is 5.03. The first kappa shape index (κ1) is 23.6. The van der Waals surface area contributed by atoms with Gasteiger partial charge in [0.05, 0.1) is 6.04 Å². The molecule has 1 aliphatic carbocycles. The van der Waals surface area contributed by atoms with E-state index < -0.39 is 0 Å². The molecule has 176 valence electrons. The Kier molecular flexibility index (Phi) is 7.89. The van der Waals surface area contributed by atoms with Crippen LogP contribution in [0.15, 0.2) is 48.5 Å². The largest absolute Gasteiger partial charge is 0.484 e. The lowest BCUT2D eigenvalue weighted by Gasteiger charge is -2.40. The molecule has 2 fully saturated rings. The predicted molar refractivity (Wildman–Crippen MR) is 131 cm³/mol. The van der Waals surface area contributed by atoms with Crippen molar-refractivity contribution in [2.75, 3.05) is 38.1 Å². The third-order valence-electron chi connectivity index (χ3n) is 6.64. The van der Waals surface area contributed by atoms with Crippen LogP contribution in [-0.4, -0.2) is 60.4 Å². The minimum atomic E-state index is -0.157. The van der Waals surface area contributed by atoms with Gasteiger partial charge >= 0.3 is 0 Å². The third-order valence-corrected chi connectivity index (χ3v) is 6.89. The van der Waals surface area contributed by atoms with Crippen LogP contribution in [0.25, 0.3) is 0 Å². The van der Waals surface area contributed by atoms with Gasteiger partial charge in [-0.05, 0) is 67.6 Å². The standard InChI is InChI=1S/C26H32ClN3O3/c1-19-5-4-8-22(17-19)28-26(32)25(20-6-2-3-7-20)30-15-13-29(14-16-30)24(31)18-33-23-11-9-21(27)10-12-23/h4-5,8-12,17,20,25H,2-3,6-7,13-16,18H2,1H3,(H,28,32). The summed E-state index contributed by atoms with van der Waals surface area (Å²) in [6.07, 6.45) is 4.53. The number of rotatable bonds is 7. The summed E-state index contributed by atoms with van der Waals surface area (Å²) in [5.74, 6) is 1.02. The van der Waals surface area contributed by atoms with Gasteiger partial charge in [0.2, 0.25) is 5.91 Å². The second-order valence-electron chi connectivity index (χ2n) is 9.01. The number of hydrogen-bond acceptors (Lipinski definition) is 4. The van der Waals surface area contributed by atoms with Gasteiger partial charge in [0, 0.05) is 36.9 Å². The highest BCUT2D eigenvalue weighted by Gasteiger charge is 2.37. The monoisotopic (exact) mass is 469 g/mol. The van der Waals surface area contributed by atoms with Crippen LogP contribution in [-0.2, 0) is 9.59 Å². The average Bonchev–Trinajstić information content (AvgIpc) is 3.33. The molecule has 0 radical (unpaired) electrons. The molecule has 33 heavy (non-hydrogen) atoms. The van der Waals surface area contributed by atoms with Crippen molar-refractivity contribution in [3.8, 4) is 5.75 Å². The maximum atomic E-state index is 13.3. The summed E-state index contributed by atoms with van der Waals surface area (Å²) < 4.78 is 5.62. The highest BCUT2D eigenvalue weighted by Crippen LogP contribution is 2.31. The maximum Gasteiger partial charge on any atom is 0.260 e. The zero-order valence-electron chi connectivity index (χ0n) is 19.1. The number of aryl methyl sites for hydroxylation is 1. The number of nitrogens with zero attached hydrogens (tertiary/aromatic N) is 2. The predicted octanol–water partition coefficient (Wildman–Crippen LogP) is 4.37. The van der Waals surface area contributed by atoms with Gasteiger partial charge in [-0.25, -0.2) is 0 Å². The Morgan fingerprint density at radius 3 is 2.42 bits per heavy atom. The van der Waals surface area contributed by atoms with Crippen molar-refractivity contribution in [1.29, 1.82) is 0 Å². The molecule has 0 aromatic heterocycles. The van der Waals surface area contributed by atoms with E-state index in [9.17, 15) is 9.59 Å². The normalized spacial score (nSPS) is 18.2. The molecule has 1 heterocycles. The first-order chi connectivity index (χ1) is 16.0. The van der Waals surface area contributed by atoms with Crippen molar-refractivity contribution >= 4 is 29.1 Å². The number of piperazine rings is 1. The average molecular weight is 470 g/mol. The van der Waals surface area contributed by atoms with Crippen LogP contribution in [0.5, 0.6) is 5.75 Å². The van der Waals surface area contributed by atoms with Gasteiger partial charge in [-0.3, -0.25) is 14.5 Å². The number of carbonyl (C=O) groups is 2. The molecule has 0 bridgehead atoms. The van der Waals surface area contributed by atoms with E-state index in [0.29, 0.717) is 42.9 Å². The summed E-state index contributed by atoms with van der Waals surface area (Å²) in [7, 11) is 0. The molecule has 1 saturated heterocycles. The number of benzene rings is 2. The van der Waals surface area contributed by atoms with E-state index in [1.807, 2.05) is 36.1 Å². The summed E-state index contributed by atoms with van der Waals surface area (Å²) >= 11 is 5.89. The van der Waals surface area contributed by atoms with E-state index in [4.69, 9.17) is 16.3 Å². The molecular formula is C26H32ClN3O3. The highest BCUT2D eigenvalue weighted by atomic mass is 35.5. The Balaban J connectivity index is 1.34. The second-order valence-corrected chi connectivity index (χ2v) is 9.44. The van der Waals surface area contributed by atoms with Crippen LogP contribution >= 0.6 is 11.6 Å². The van der Waals surface area contributed by atoms with Gasteiger partial charge in [-0.15, -0.1) is 0 Å². The van der Waals surface area contributed by atoms with Crippen LogP contribution in [0.1, 0.15) is 31.2 Å². The summed E-state index contributed by atoms with van der Waals surface area (Å²) in [5, 5.41) is 3.78. The lowest BCUT2D eigenvalue weighted by molar-refractivity contribution is -0.136. The van der Waals surface area contributed by atoms with Crippen LogP contribution in [0.4, 0.5) is 5.69 Å². The van der Waals surface area contributed by atoms with Crippen LogP contribution in [0, 0.1) is 12.8 Å². The molecule has 4 rings (SSSR count). The van der Waals surface area contributed by atoms with Gasteiger partial charge in [-0.1, -0.05) is 36.6 Å². The van der Waals surface area contributed by atoms with Crippen molar-refractivity contribution in [2.45, 2.75) is 38.6 Å². The van der Waals surface area contributed by atoms with Crippen LogP contribution in [0.2, 0.25) is 5.02 Å². The third kappa shape index (κ3) is 6.27. The van der Waals surface area contributed by atoms with Gasteiger partial charge in [0.1, 0.15) is 5.75 Å². The number of amides is 2. The number of halogens is 1. The lowest BCUT2D eigenvalue weighted by atomic mass is 9.94. The first-order valence-corrected chi connectivity index (χ1v) is 12.1. The minimum absolute atomic E-state index is 0.00152. The molecule has 2 aromatic carbocycles. The molecule has 7 heteroatoms. The topological polar surface area (TPSA) is 61.9 Å². The van der Waals surface area contributed by atoms with Gasteiger partial charge in [-0.2, -0.15) is 0 Å². The summed E-state index contributed by atoms with van der Waals surface area (Å²) in [6.45, 7) is 4.61.